The Morgan fingerprint density at radius 1 is 1.00 bits per heavy atom. The van der Waals surface area contributed by atoms with E-state index in [1.54, 1.807) is 42.5 Å². The first-order valence-electron chi connectivity index (χ1n) is 11.7. The molecule has 7 heteroatoms. The number of ether oxygens (including phenoxy) is 1. The van der Waals surface area contributed by atoms with Crippen LogP contribution in [0.25, 0.3) is 0 Å². The Morgan fingerprint density at radius 3 is 2.37 bits per heavy atom. The van der Waals surface area contributed by atoms with Gasteiger partial charge >= 0.3 is 0 Å². The monoisotopic (exact) mass is 496 g/mol. The minimum atomic E-state index is -0.838. The van der Waals surface area contributed by atoms with Crippen LogP contribution in [-0.4, -0.2) is 35.9 Å². The highest BCUT2D eigenvalue weighted by Crippen LogP contribution is 2.19. The molecule has 0 saturated carbocycles. The molecule has 3 aromatic carbocycles. The van der Waals surface area contributed by atoms with E-state index in [0.717, 1.165) is 18.4 Å². The van der Waals surface area contributed by atoms with Crippen molar-refractivity contribution < 1.29 is 18.7 Å². The molecule has 2 amide bonds. The van der Waals surface area contributed by atoms with E-state index in [-0.39, 0.29) is 19.1 Å². The molecule has 0 aliphatic heterocycles. The normalized spacial score (nSPS) is 11.5. The standard InChI is InChI=1S/C28H30ClFN2O3/c1-2-3-17-31-28(34)26(18-21-9-5-4-6-10-21)32(19-22-11-7-8-12-25(22)30)27(33)20-35-24-15-13-23(29)14-16-24/h4-16,26H,2-3,17-20H2,1H3,(H,31,34)/t26-/m0/s1. The largest absolute Gasteiger partial charge is 0.484 e. The molecule has 0 radical (unpaired) electrons. The molecular weight excluding hydrogens is 467 g/mol. The number of rotatable bonds is 12. The third-order valence-electron chi connectivity index (χ3n) is 5.58. The predicted molar refractivity (Wildman–Crippen MR) is 136 cm³/mol. The summed E-state index contributed by atoms with van der Waals surface area (Å²) in [5, 5.41) is 3.49. The van der Waals surface area contributed by atoms with Crippen LogP contribution in [0, 0.1) is 5.82 Å². The van der Waals surface area contributed by atoms with Gasteiger partial charge in [0, 0.05) is 30.1 Å². The lowest BCUT2D eigenvalue weighted by molar-refractivity contribution is -0.142. The van der Waals surface area contributed by atoms with E-state index in [1.165, 1.54) is 11.0 Å². The van der Waals surface area contributed by atoms with Gasteiger partial charge in [0.25, 0.3) is 5.91 Å². The van der Waals surface area contributed by atoms with Gasteiger partial charge in [0.05, 0.1) is 0 Å². The van der Waals surface area contributed by atoms with Crippen molar-refractivity contribution in [1.82, 2.24) is 10.2 Å². The van der Waals surface area contributed by atoms with Crippen LogP contribution < -0.4 is 10.1 Å². The summed E-state index contributed by atoms with van der Waals surface area (Å²) in [6.07, 6.45) is 2.04. The second-order valence-corrected chi connectivity index (χ2v) is 8.64. The summed E-state index contributed by atoms with van der Waals surface area (Å²) in [6.45, 7) is 2.18. The van der Waals surface area contributed by atoms with E-state index in [2.05, 4.69) is 5.32 Å². The van der Waals surface area contributed by atoms with Gasteiger partial charge in [-0.05, 0) is 42.3 Å². The van der Waals surface area contributed by atoms with Crippen molar-refractivity contribution in [2.75, 3.05) is 13.2 Å². The van der Waals surface area contributed by atoms with Crippen LogP contribution in [0.3, 0.4) is 0 Å². The highest BCUT2D eigenvalue weighted by molar-refractivity contribution is 6.30. The minimum absolute atomic E-state index is 0.0613. The number of amides is 2. The summed E-state index contributed by atoms with van der Waals surface area (Å²) in [5.41, 5.74) is 1.22. The Balaban J connectivity index is 1.88. The molecule has 0 aromatic heterocycles. The molecule has 0 bridgehead atoms. The Kier molecular flexibility index (Phi) is 10.1. The van der Waals surface area contributed by atoms with E-state index in [0.29, 0.717) is 29.3 Å². The molecule has 0 spiro atoms. The van der Waals surface area contributed by atoms with Crippen molar-refractivity contribution >= 4 is 23.4 Å². The Bertz CT molecular complexity index is 1090. The molecule has 0 saturated heterocycles. The number of hydrogen-bond donors (Lipinski definition) is 1. The average molecular weight is 497 g/mol. The lowest BCUT2D eigenvalue weighted by Gasteiger charge is -2.31. The number of unbranched alkanes of at least 4 members (excludes halogenated alkanes) is 1. The second kappa shape index (κ2) is 13.5. The SMILES string of the molecule is CCCCNC(=O)[C@H](Cc1ccccc1)N(Cc1ccccc1F)C(=O)COc1ccc(Cl)cc1. The fourth-order valence-electron chi connectivity index (χ4n) is 3.63. The van der Waals surface area contributed by atoms with Gasteiger partial charge in [-0.25, -0.2) is 4.39 Å². The number of nitrogens with zero attached hydrogens (tertiary/aromatic N) is 1. The first-order valence-corrected chi connectivity index (χ1v) is 12.1. The first kappa shape index (κ1) is 26.2. The molecule has 0 unspecified atom stereocenters. The van der Waals surface area contributed by atoms with Gasteiger partial charge in [-0.1, -0.05) is 73.5 Å². The van der Waals surface area contributed by atoms with Gasteiger partial charge in [0.2, 0.25) is 5.91 Å². The maximum absolute atomic E-state index is 14.6. The first-order chi connectivity index (χ1) is 17.0. The maximum atomic E-state index is 14.6. The van der Waals surface area contributed by atoms with Gasteiger partial charge in [-0.15, -0.1) is 0 Å². The lowest BCUT2D eigenvalue weighted by atomic mass is 10.0. The number of halogens is 2. The van der Waals surface area contributed by atoms with E-state index >= 15 is 0 Å². The molecular formula is C28H30ClFN2O3. The fourth-order valence-corrected chi connectivity index (χ4v) is 3.76. The molecule has 35 heavy (non-hydrogen) atoms. The van der Waals surface area contributed by atoms with Gasteiger partial charge in [0.1, 0.15) is 17.6 Å². The summed E-state index contributed by atoms with van der Waals surface area (Å²) in [4.78, 5) is 28.1. The molecule has 0 aliphatic rings. The summed E-state index contributed by atoms with van der Waals surface area (Å²) in [5.74, 6) is -0.664. The predicted octanol–water partition coefficient (Wildman–Crippen LogP) is 5.41. The summed E-state index contributed by atoms with van der Waals surface area (Å²) in [6, 6.07) is 21.5. The Labute approximate surface area is 210 Å². The quantitative estimate of drug-likeness (QED) is 0.341. The van der Waals surface area contributed by atoms with Gasteiger partial charge in [0.15, 0.2) is 6.61 Å². The van der Waals surface area contributed by atoms with E-state index in [1.807, 2.05) is 37.3 Å². The van der Waals surface area contributed by atoms with E-state index in [9.17, 15) is 14.0 Å². The Hall–Kier alpha value is -3.38. The van der Waals surface area contributed by atoms with Crippen LogP contribution in [0.2, 0.25) is 5.02 Å². The highest BCUT2D eigenvalue weighted by Gasteiger charge is 2.31. The van der Waals surface area contributed by atoms with Crippen LogP contribution in [0.15, 0.2) is 78.9 Å². The molecule has 5 nitrogen and oxygen atoms in total. The third-order valence-corrected chi connectivity index (χ3v) is 5.83. The highest BCUT2D eigenvalue weighted by atomic mass is 35.5. The fraction of sp³-hybridized carbons (Fsp3) is 0.286. The second-order valence-electron chi connectivity index (χ2n) is 8.21. The van der Waals surface area contributed by atoms with Crippen LogP contribution in [0.4, 0.5) is 4.39 Å². The third kappa shape index (κ3) is 8.11. The smallest absolute Gasteiger partial charge is 0.261 e. The van der Waals surface area contributed by atoms with Crippen molar-refractivity contribution in [3.63, 3.8) is 0 Å². The molecule has 0 aliphatic carbocycles. The van der Waals surface area contributed by atoms with Crippen LogP contribution in [-0.2, 0) is 22.6 Å². The van der Waals surface area contributed by atoms with Crippen molar-refractivity contribution in [3.8, 4) is 5.75 Å². The maximum Gasteiger partial charge on any atom is 0.261 e. The Morgan fingerprint density at radius 2 is 1.69 bits per heavy atom. The van der Waals surface area contributed by atoms with Crippen molar-refractivity contribution in [2.45, 2.75) is 38.8 Å². The van der Waals surface area contributed by atoms with Crippen molar-refractivity contribution in [3.05, 3.63) is 101 Å². The summed E-state index contributed by atoms with van der Waals surface area (Å²) in [7, 11) is 0. The topological polar surface area (TPSA) is 58.6 Å². The molecule has 3 rings (SSSR count). The number of nitrogens with one attached hydrogen (secondary N) is 1. The molecule has 1 atom stereocenters. The number of benzene rings is 3. The minimum Gasteiger partial charge on any atom is -0.484 e. The zero-order valence-electron chi connectivity index (χ0n) is 19.8. The molecule has 184 valence electrons. The number of carbonyl (C=O) groups is 2. The summed E-state index contributed by atoms with van der Waals surface area (Å²) < 4.78 is 20.2. The van der Waals surface area contributed by atoms with Gasteiger partial charge in [-0.2, -0.15) is 0 Å². The summed E-state index contributed by atoms with van der Waals surface area (Å²) >= 11 is 5.92. The number of carbonyl (C=O) groups excluding carboxylic acids is 2. The molecule has 3 aromatic rings. The zero-order chi connectivity index (χ0) is 25.0. The van der Waals surface area contributed by atoms with E-state index in [4.69, 9.17) is 16.3 Å². The lowest BCUT2D eigenvalue weighted by Crippen LogP contribution is -2.52. The zero-order valence-corrected chi connectivity index (χ0v) is 20.5. The average Bonchev–Trinajstić information content (AvgIpc) is 2.87. The van der Waals surface area contributed by atoms with Crippen LogP contribution in [0.1, 0.15) is 30.9 Å². The van der Waals surface area contributed by atoms with Gasteiger partial charge < -0.3 is 15.0 Å². The van der Waals surface area contributed by atoms with Crippen molar-refractivity contribution in [2.24, 2.45) is 0 Å². The van der Waals surface area contributed by atoms with Crippen LogP contribution >= 0.6 is 11.6 Å². The molecule has 0 fully saturated rings. The van der Waals surface area contributed by atoms with Gasteiger partial charge in [-0.3, -0.25) is 9.59 Å². The van der Waals surface area contributed by atoms with Crippen LogP contribution in [0.5, 0.6) is 5.75 Å². The molecule has 1 N–H and O–H groups in total. The van der Waals surface area contributed by atoms with E-state index < -0.39 is 17.8 Å². The number of hydrogen-bond acceptors (Lipinski definition) is 3. The molecule has 0 heterocycles. The van der Waals surface area contributed by atoms with Crippen molar-refractivity contribution in [1.29, 1.82) is 0 Å².